The van der Waals surface area contributed by atoms with E-state index in [1.54, 1.807) is 0 Å². The molecule has 0 radical (unpaired) electrons. The number of sulfonamides is 1. The van der Waals surface area contributed by atoms with Crippen LogP contribution in [-0.2, 0) is 26.1 Å². The zero-order valence-electron chi connectivity index (χ0n) is 12.3. The predicted octanol–water partition coefficient (Wildman–Crippen LogP) is 1.72. The van der Waals surface area contributed by atoms with Crippen molar-refractivity contribution in [1.29, 1.82) is 0 Å². The van der Waals surface area contributed by atoms with Crippen molar-refractivity contribution in [1.82, 2.24) is 0 Å². The second-order valence-corrected chi connectivity index (χ2v) is 6.46. The summed E-state index contributed by atoms with van der Waals surface area (Å²) in [6.45, 7) is -0.261. The second kappa shape index (κ2) is 7.04. The van der Waals surface area contributed by atoms with Gasteiger partial charge in [-0.1, -0.05) is 11.6 Å². The van der Waals surface area contributed by atoms with E-state index in [4.69, 9.17) is 25.9 Å². The minimum absolute atomic E-state index is 0.0356. The molecule has 2 N–H and O–H groups in total. The third kappa shape index (κ3) is 4.13. The minimum Gasteiger partial charge on any atom is -0.463 e. The number of rotatable bonds is 5. The third-order valence-electron chi connectivity index (χ3n) is 2.87. The lowest BCUT2D eigenvalue weighted by Gasteiger charge is -2.06. The van der Waals surface area contributed by atoms with Gasteiger partial charge in [0.2, 0.25) is 15.8 Å². The number of furan rings is 1. The van der Waals surface area contributed by atoms with Crippen molar-refractivity contribution in [2.45, 2.75) is 11.5 Å². The molecule has 0 atom stereocenters. The first-order valence-corrected chi connectivity index (χ1v) is 8.31. The molecular formula is C14H12ClNO7S. The Balaban J connectivity index is 2.11. The number of carbonyl (C=O) groups is 2. The van der Waals surface area contributed by atoms with Crippen LogP contribution in [-0.4, -0.2) is 27.5 Å². The van der Waals surface area contributed by atoms with Crippen molar-refractivity contribution in [3.8, 4) is 0 Å². The molecule has 2 rings (SSSR count). The van der Waals surface area contributed by atoms with Crippen molar-refractivity contribution in [2.75, 3.05) is 7.11 Å². The molecule has 0 aliphatic rings. The summed E-state index contributed by atoms with van der Waals surface area (Å²) >= 11 is 5.73. The van der Waals surface area contributed by atoms with E-state index in [9.17, 15) is 18.0 Å². The molecule has 0 saturated heterocycles. The Kier molecular flexibility index (Phi) is 5.27. The van der Waals surface area contributed by atoms with Crippen LogP contribution in [0.15, 0.2) is 39.6 Å². The first kappa shape index (κ1) is 18.0. The van der Waals surface area contributed by atoms with Gasteiger partial charge in [-0.05, 0) is 30.3 Å². The summed E-state index contributed by atoms with van der Waals surface area (Å²) < 4.78 is 37.4. The molecule has 1 aromatic carbocycles. The number of benzene rings is 1. The van der Waals surface area contributed by atoms with Crippen LogP contribution in [0.25, 0.3) is 0 Å². The van der Waals surface area contributed by atoms with Crippen LogP contribution in [0, 0.1) is 0 Å². The Hall–Kier alpha value is -2.36. The zero-order valence-corrected chi connectivity index (χ0v) is 13.9. The SMILES string of the molecule is COC(=O)c1ccc(COC(=O)c2ccc(Cl)c(S(N)(=O)=O)c2)o1. The van der Waals surface area contributed by atoms with Gasteiger partial charge in [-0.15, -0.1) is 0 Å². The molecule has 0 bridgehead atoms. The molecule has 24 heavy (non-hydrogen) atoms. The van der Waals surface area contributed by atoms with E-state index in [0.29, 0.717) is 0 Å². The summed E-state index contributed by atoms with van der Waals surface area (Å²) in [5.41, 5.74) is -0.0526. The largest absolute Gasteiger partial charge is 0.463 e. The average molecular weight is 374 g/mol. The average Bonchev–Trinajstić information content (AvgIpc) is 3.00. The number of primary sulfonamides is 1. The summed E-state index contributed by atoms with van der Waals surface area (Å²) in [7, 11) is -2.87. The fourth-order valence-corrected chi connectivity index (χ4v) is 2.81. The smallest absolute Gasteiger partial charge is 0.373 e. The Labute approximate surface area is 142 Å². The van der Waals surface area contributed by atoms with Crippen LogP contribution in [0.5, 0.6) is 0 Å². The highest BCUT2D eigenvalue weighted by Crippen LogP contribution is 2.22. The summed E-state index contributed by atoms with van der Waals surface area (Å²) in [5.74, 6) is -1.30. The number of carbonyl (C=O) groups excluding carboxylic acids is 2. The summed E-state index contributed by atoms with van der Waals surface area (Å²) in [4.78, 5) is 22.8. The minimum atomic E-state index is -4.08. The molecule has 1 heterocycles. The molecule has 10 heteroatoms. The van der Waals surface area contributed by atoms with Crippen LogP contribution in [0.3, 0.4) is 0 Å². The van der Waals surface area contributed by atoms with Crippen molar-refractivity contribution >= 4 is 33.6 Å². The first-order valence-electron chi connectivity index (χ1n) is 6.39. The van der Waals surface area contributed by atoms with Gasteiger partial charge in [0.25, 0.3) is 0 Å². The van der Waals surface area contributed by atoms with Gasteiger partial charge in [-0.2, -0.15) is 0 Å². The van der Waals surface area contributed by atoms with Crippen molar-refractivity contribution in [3.05, 3.63) is 52.4 Å². The van der Waals surface area contributed by atoms with Crippen LogP contribution in [0.4, 0.5) is 0 Å². The molecule has 0 aliphatic carbocycles. The number of hydrogen-bond acceptors (Lipinski definition) is 7. The summed E-state index contributed by atoms with van der Waals surface area (Å²) in [6.07, 6.45) is 0. The second-order valence-electron chi connectivity index (χ2n) is 4.52. The van der Waals surface area contributed by atoms with Crippen molar-refractivity contribution in [2.24, 2.45) is 5.14 Å². The van der Waals surface area contributed by atoms with Gasteiger partial charge in [0, 0.05) is 0 Å². The maximum atomic E-state index is 12.0. The van der Waals surface area contributed by atoms with Gasteiger partial charge in [-0.25, -0.2) is 23.1 Å². The van der Waals surface area contributed by atoms with Crippen molar-refractivity contribution in [3.63, 3.8) is 0 Å². The van der Waals surface area contributed by atoms with Crippen LogP contribution in [0.2, 0.25) is 5.02 Å². The highest BCUT2D eigenvalue weighted by Gasteiger charge is 2.18. The molecule has 8 nitrogen and oxygen atoms in total. The molecule has 0 amide bonds. The fourth-order valence-electron chi connectivity index (χ4n) is 1.73. The Morgan fingerprint density at radius 2 is 1.92 bits per heavy atom. The number of nitrogens with two attached hydrogens (primary N) is 1. The van der Waals surface area contributed by atoms with Crippen LogP contribution < -0.4 is 5.14 Å². The van der Waals surface area contributed by atoms with Crippen LogP contribution >= 0.6 is 11.6 Å². The van der Waals surface area contributed by atoms with E-state index < -0.39 is 22.0 Å². The lowest BCUT2D eigenvalue weighted by molar-refractivity contribution is 0.0438. The van der Waals surface area contributed by atoms with Gasteiger partial charge < -0.3 is 13.9 Å². The maximum Gasteiger partial charge on any atom is 0.373 e. The van der Waals surface area contributed by atoms with E-state index in [0.717, 1.165) is 6.07 Å². The maximum absolute atomic E-state index is 12.0. The highest BCUT2D eigenvalue weighted by molar-refractivity contribution is 7.89. The van der Waals surface area contributed by atoms with Crippen molar-refractivity contribution < 1.29 is 31.9 Å². The van der Waals surface area contributed by atoms with Gasteiger partial charge in [0.05, 0.1) is 17.7 Å². The molecule has 0 saturated carbocycles. The highest BCUT2D eigenvalue weighted by atomic mass is 35.5. The van der Waals surface area contributed by atoms with Gasteiger partial charge in [-0.3, -0.25) is 0 Å². The van der Waals surface area contributed by atoms with Gasteiger partial charge >= 0.3 is 11.9 Å². The van der Waals surface area contributed by atoms with E-state index in [2.05, 4.69) is 4.74 Å². The van der Waals surface area contributed by atoms with E-state index in [1.807, 2.05) is 0 Å². The lowest BCUT2D eigenvalue weighted by atomic mass is 10.2. The Bertz CT molecular complexity index is 888. The Morgan fingerprint density at radius 3 is 2.54 bits per heavy atom. The van der Waals surface area contributed by atoms with E-state index >= 15 is 0 Å². The van der Waals surface area contributed by atoms with Crippen LogP contribution in [0.1, 0.15) is 26.7 Å². The van der Waals surface area contributed by atoms with Gasteiger partial charge in [0.1, 0.15) is 17.3 Å². The molecule has 0 aliphatic heterocycles. The number of esters is 2. The van der Waals surface area contributed by atoms with E-state index in [-0.39, 0.29) is 33.6 Å². The standard InChI is InChI=1S/C14H12ClNO7S/c1-21-14(18)11-5-3-9(23-11)7-22-13(17)8-2-4-10(15)12(6-8)24(16,19)20/h2-6H,7H2,1H3,(H2,16,19,20). The number of halogens is 1. The molecule has 0 spiro atoms. The molecule has 2 aromatic rings. The molecule has 0 unspecified atom stereocenters. The molecular weight excluding hydrogens is 362 g/mol. The molecule has 0 fully saturated rings. The fraction of sp³-hybridized carbons (Fsp3) is 0.143. The lowest BCUT2D eigenvalue weighted by Crippen LogP contribution is -2.14. The number of ether oxygens (including phenoxy) is 2. The summed E-state index contributed by atoms with van der Waals surface area (Å²) in [5, 5.41) is 4.90. The topological polar surface area (TPSA) is 126 Å². The number of methoxy groups -OCH3 is 1. The third-order valence-corrected chi connectivity index (χ3v) is 4.26. The molecule has 128 valence electrons. The first-order chi connectivity index (χ1) is 11.2. The number of hydrogen-bond donors (Lipinski definition) is 1. The summed E-state index contributed by atoms with van der Waals surface area (Å²) in [6, 6.07) is 6.34. The Morgan fingerprint density at radius 1 is 1.21 bits per heavy atom. The van der Waals surface area contributed by atoms with E-state index in [1.165, 1.54) is 31.4 Å². The molecule has 1 aromatic heterocycles. The predicted molar refractivity (Wildman–Crippen MR) is 82.0 cm³/mol. The van der Waals surface area contributed by atoms with Gasteiger partial charge in [0.15, 0.2) is 0 Å². The monoisotopic (exact) mass is 373 g/mol. The quantitative estimate of drug-likeness (QED) is 0.790. The zero-order chi connectivity index (χ0) is 17.9. The normalized spacial score (nSPS) is 11.1.